The van der Waals surface area contributed by atoms with Crippen LogP contribution in [0.4, 0.5) is 34.1 Å². The Bertz CT molecular complexity index is 3840. The Kier molecular flexibility index (Phi) is 9.19. The zero-order valence-electron chi connectivity index (χ0n) is 37.9. The summed E-state index contributed by atoms with van der Waals surface area (Å²) < 4.78 is 7.06. The predicted molar refractivity (Wildman–Crippen MR) is 287 cm³/mol. The van der Waals surface area contributed by atoms with Crippen LogP contribution in [0, 0.1) is 0 Å². The lowest BCUT2D eigenvalue weighted by Crippen LogP contribution is -2.16. The van der Waals surface area contributed by atoms with Crippen molar-refractivity contribution in [3.63, 3.8) is 0 Å². The van der Waals surface area contributed by atoms with E-state index in [2.05, 4.69) is 266 Å². The van der Waals surface area contributed by atoms with Gasteiger partial charge in [-0.3, -0.25) is 0 Å². The van der Waals surface area contributed by atoms with Crippen molar-refractivity contribution in [2.45, 2.75) is 19.3 Å². The summed E-state index contributed by atoms with van der Waals surface area (Å²) in [6.45, 7) is 4.73. The van der Waals surface area contributed by atoms with Crippen LogP contribution in [0.2, 0.25) is 0 Å². The van der Waals surface area contributed by atoms with Gasteiger partial charge >= 0.3 is 0 Å². The number of nitrogens with zero attached hydrogens (tertiary/aromatic N) is 2. The minimum absolute atomic E-state index is 0.213. The van der Waals surface area contributed by atoms with Gasteiger partial charge < -0.3 is 14.2 Å². The molecule has 0 unspecified atom stereocenters. The highest BCUT2D eigenvalue weighted by atomic mass is 16.3. The van der Waals surface area contributed by atoms with Gasteiger partial charge in [0.25, 0.3) is 0 Å². The highest BCUT2D eigenvalue weighted by molar-refractivity contribution is 6.30. The molecule has 13 rings (SSSR count). The van der Waals surface area contributed by atoms with Gasteiger partial charge in [-0.05, 0) is 146 Å². The largest absolute Gasteiger partial charge is 0.455 e. The zero-order chi connectivity index (χ0) is 45.3. The summed E-state index contributed by atoms with van der Waals surface area (Å²) in [5, 5.41) is 6.91. The molecule has 1 aliphatic rings. The van der Waals surface area contributed by atoms with E-state index in [9.17, 15) is 0 Å². The molecule has 3 heteroatoms. The predicted octanol–water partition coefficient (Wildman–Crippen LogP) is 18.5. The van der Waals surface area contributed by atoms with Gasteiger partial charge in [-0.25, -0.2) is 0 Å². The van der Waals surface area contributed by atoms with Crippen molar-refractivity contribution in [2.24, 2.45) is 0 Å². The number of anilines is 6. The highest BCUT2D eigenvalue weighted by Gasteiger charge is 2.36. The normalized spacial score (nSPS) is 12.7. The van der Waals surface area contributed by atoms with Crippen LogP contribution in [0.1, 0.15) is 25.0 Å². The molecule has 0 radical (unpaired) electrons. The maximum absolute atomic E-state index is 7.06. The first kappa shape index (κ1) is 39.7. The number of rotatable bonds is 8. The van der Waals surface area contributed by atoms with E-state index in [1.807, 2.05) is 0 Å². The molecule has 0 aliphatic heterocycles. The van der Waals surface area contributed by atoms with E-state index >= 15 is 0 Å². The first-order valence-electron chi connectivity index (χ1n) is 23.5. The molecule has 0 bridgehead atoms. The first-order valence-corrected chi connectivity index (χ1v) is 23.5. The summed E-state index contributed by atoms with van der Waals surface area (Å²) in [5.74, 6) is 0. The number of para-hydroxylation sites is 4. The third-order valence-electron chi connectivity index (χ3n) is 14.2. The Morgan fingerprint density at radius 3 is 1.54 bits per heavy atom. The number of fused-ring (bicyclic) bond motifs is 11. The summed E-state index contributed by atoms with van der Waals surface area (Å²) in [6, 6.07) is 87.8. The Labute approximate surface area is 396 Å². The van der Waals surface area contributed by atoms with Gasteiger partial charge in [-0.1, -0.05) is 166 Å². The van der Waals surface area contributed by atoms with Gasteiger partial charge in [-0.2, -0.15) is 0 Å². The standard InChI is InChI=1S/C65H46N2O/c1-65(2)59-39-44(31-35-53(59)54-37-33-50(42-60(54)65)66(46-21-9-4-10-22-46)47-23-11-5-12-24-47)45-32-36-57-62(40-45)68-64-56-38-34-49(41-58(56)52-28-15-16-29-55(52)63(57)64)67(48-25-13-6-14-26-48)61-30-18-17-27-51(61)43-19-7-3-8-20-43/h3-42H,1-2H3. The maximum atomic E-state index is 7.06. The van der Waals surface area contributed by atoms with Gasteiger partial charge in [0.2, 0.25) is 0 Å². The van der Waals surface area contributed by atoms with E-state index in [-0.39, 0.29) is 5.41 Å². The molecule has 0 amide bonds. The number of hydrogen-bond acceptors (Lipinski definition) is 3. The summed E-state index contributed by atoms with van der Waals surface area (Å²) in [4.78, 5) is 4.73. The van der Waals surface area contributed by atoms with Gasteiger partial charge in [0.05, 0.1) is 5.69 Å². The van der Waals surface area contributed by atoms with E-state index in [1.165, 1.54) is 49.7 Å². The van der Waals surface area contributed by atoms with Crippen molar-refractivity contribution in [3.8, 4) is 33.4 Å². The molecule has 11 aromatic carbocycles. The monoisotopic (exact) mass is 870 g/mol. The van der Waals surface area contributed by atoms with Gasteiger partial charge in [-0.15, -0.1) is 0 Å². The summed E-state index contributed by atoms with van der Waals surface area (Å²) in [5.41, 5.74) is 18.2. The van der Waals surface area contributed by atoms with Crippen molar-refractivity contribution in [1.29, 1.82) is 0 Å². The SMILES string of the molecule is CC1(C)c2cc(-c3ccc4c(c3)oc3c5ccc(N(c6ccccc6)c6ccccc6-c6ccccc6)cc5c5ccccc5c43)ccc2-c2ccc(N(c3ccccc3)c3ccccc3)cc21. The molecule has 12 aromatic rings. The van der Waals surface area contributed by atoms with Crippen molar-refractivity contribution >= 4 is 77.6 Å². The lowest BCUT2D eigenvalue weighted by Gasteiger charge is -2.28. The summed E-state index contributed by atoms with van der Waals surface area (Å²) >= 11 is 0. The quantitative estimate of drug-likeness (QED) is 0.142. The van der Waals surface area contributed by atoms with Gasteiger partial charge in [0, 0.05) is 55.6 Å². The molecule has 1 aliphatic carbocycles. The highest BCUT2D eigenvalue weighted by Crippen LogP contribution is 2.52. The first-order chi connectivity index (χ1) is 33.5. The van der Waals surface area contributed by atoms with Crippen LogP contribution in [0.5, 0.6) is 0 Å². The fourth-order valence-electron chi connectivity index (χ4n) is 10.9. The van der Waals surface area contributed by atoms with E-state index in [0.29, 0.717) is 0 Å². The molecule has 0 atom stereocenters. The Morgan fingerprint density at radius 2 is 0.838 bits per heavy atom. The molecule has 0 saturated heterocycles. The maximum Gasteiger partial charge on any atom is 0.143 e. The third kappa shape index (κ3) is 6.35. The average Bonchev–Trinajstić information content (AvgIpc) is 3.89. The van der Waals surface area contributed by atoms with Crippen molar-refractivity contribution in [1.82, 2.24) is 0 Å². The topological polar surface area (TPSA) is 19.6 Å². The zero-order valence-corrected chi connectivity index (χ0v) is 37.9. The molecule has 0 N–H and O–H groups in total. The van der Waals surface area contributed by atoms with Crippen molar-refractivity contribution < 1.29 is 4.42 Å². The Morgan fingerprint density at radius 1 is 0.324 bits per heavy atom. The molecular formula is C65H46N2O. The minimum Gasteiger partial charge on any atom is -0.455 e. The van der Waals surface area contributed by atoms with Crippen LogP contribution in [0.3, 0.4) is 0 Å². The van der Waals surface area contributed by atoms with Crippen LogP contribution in [0.25, 0.3) is 76.9 Å². The second kappa shape index (κ2) is 15.8. The summed E-state index contributed by atoms with van der Waals surface area (Å²) in [7, 11) is 0. The van der Waals surface area contributed by atoms with E-state index < -0.39 is 0 Å². The van der Waals surface area contributed by atoms with Gasteiger partial charge in [0.15, 0.2) is 0 Å². The second-order valence-corrected chi connectivity index (χ2v) is 18.5. The Hall–Kier alpha value is -8.66. The van der Waals surface area contributed by atoms with E-state index in [0.717, 1.165) is 72.4 Å². The molecule has 68 heavy (non-hydrogen) atoms. The molecular weight excluding hydrogens is 825 g/mol. The average molecular weight is 871 g/mol. The number of hydrogen-bond donors (Lipinski definition) is 0. The van der Waals surface area contributed by atoms with E-state index in [4.69, 9.17) is 4.42 Å². The van der Waals surface area contributed by atoms with Gasteiger partial charge in [0.1, 0.15) is 11.2 Å². The molecule has 322 valence electrons. The second-order valence-electron chi connectivity index (χ2n) is 18.5. The Balaban J connectivity index is 0.911. The molecule has 0 fully saturated rings. The molecule has 0 spiro atoms. The number of furan rings is 1. The van der Waals surface area contributed by atoms with Crippen molar-refractivity contribution in [3.05, 3.63) is 254 Å². The van der Waals surface area contributed by atoms with Crippen molar-refractivity contribution in [2.75, 3.05) is 9.80 Å². The fourth-order valence-corrected chi connectivity index (χ4v) is 10.9. The van der Waals surface area contributed by atoms with Crippen LogP contribution < -0.4 is 9.80 Å². The third-order valence-corrected chi connectivity index (χ3v) is 14.2. The smallest absolute Gasteiger partial charge is 0.143 e. The molecule has 0 saturated carbocycles. The molecule has 1 aromatic heterocycles. The van der Waals surface area contributed by atoms with Crippen LogP contribution in [-0.2, 0) is 5.41 Å². The van der Waals surface area contributed by atoms with E-state index in [1.54, 1.807) is 0 Å². The lowest BCUT2D eigenvalue weighted by molar-refractivity contribution is 0.660. The molecule has 3 nitrogen and oxygen atoms in total. The van der Waals surface area contributed by atoms with Crippen LogP contribution in [-0.4, -0.2) is 0 Å². The summed E-state index contributed by atoms with van der Waals surface area (Å²) in [6.07, 6.45) is 0. The lowest BCUT2D eigenvalue weighted by atomic mass is 9.81. The molecule has 1 heterocycles. The number of benzene rings is 11. The van der Waals surface area contributed by atoms with Crippen LogP contribution >= 0.6 is 0 Å². The minimum atomic E-state index is -0.213. The van der Waals surface area contributed by atoms with Crippen LogP contribution in [0.15, 0.2) is 247 Å². The fraction of sp³-hybridized carbons (Fsp3) is 0.0462.